The molecule has 0 atom stereocenters. The maximum Gasteiger partial charge on any atom is 0.362 e. The van der Waals surface area contributed by atoms with Crippen molar-refractivity contribution in [1.29, 1.82) is 0 Å². The van der Waals surface area contributed by atoms with E-state index in [0.717, 1.165) is 0 Å². The van der Waals surface area contributed by atoms with Crippen LogP contribution in [-0.2, 0) is 40.8 Å². The van der Waals surface area contributed by atoms with Gasteiger partial charge in [0.1, 0.15) is 0 Å². The quantitative estimate of drug-likeness (QED) is 0.336. The van der Waals surface area contributed by atoms with Crippen LogP contribution < -0.4 is 5.30 Å². The summed E-state index contributed by atoms with van der Waals surface area (Å²) < 4.78 is 70.2. The van der Waals surface area contributed by atoms with Crippen molar-refractivity contribution in [2.45, 2.75) is 27.7 Å². The van der Waals surface area contributed by atoms with E-state index in [4.69, 9.17) is 27.1 Å². The zero-order valence-corrected chi connectivity index (χ0v) is 19.3. The van der Waals surface area contributed by atoms with Gasteiger partial charge in [-0.2, -0.15) is 0 Å². The van der Waals surface area contributed by atoms with Gasteiger partial charge < -0.3 is 18.1 Å². The Morgan fingerprint density at radius 2 is 0.964 bits per heavy atom. The summed E-state index contributed by atoms with van der Waals surface area (Å²) in [7, 11) is -11.3. The van der Waals surface area contributed by atoms with Crippen LogP contribution in [0.1, 0.15) is 27.7 Å². The number of hydrogen-bond acceptors (Lipinski definition) is 9. The summed E-state index contributed by atoms with van der Waals surface area (Å²) >= 11 is 0. The first kappa shape index (κ1) is 25.7. The van der Waals surface area contributed by atoms with Crippen molar-refractivity contribution in [1.82, 2.24) is 0 Å². The van der Waals surface area contributed by atoms with Crippen LogP contribution in [0.3, 0.4) is 0 Å². The van der Waals surface area contributed by atoms with E-state index < -0.39 is 35.5 Å². The first-order valence-electron chi connectivity index (χ1n) is 8.97. The predicted octanol–water partition coefficient (Wildman–Crippen LogP) is 4.99. The monoisotopic (exact) mass is 458 g/mol. The molecule has 0 unspecified atom stereocenters. The summed E-state index contributed by atoms with van der Waals surface area (Å²) in [5.74, 6) is 0. The lowest BCUT2D eigenvalue weighted by molar-refractivity contribution is 0.173. The molecule has 1 rings (SSSR count). The maximum absolute atomic E-state index is 13.4. The largest absolute Gasteiger partial charge is 0.362 e. The molecule has 0 aromatic heterocycles. The molecule has 1 aromatic rings. The molecule has 9 nitrogen and oxygen atoms in total. The van der Waals surface area contributed by atoms with Crippen molar-refractivity contribution in [3.63, 3.8) is 0 Å². The Balaban J connectivity index is 3.06. The van der Waals surface area contributed by atoms with Crippen molar-refractivity contribution in [3.05, 3.63) is 30.3 Å². The Hall–Kier alpha value is -0.330. The average molecular weight is 458 g/mol. The minimum Gasteiger partial charge on any atom is -0.307 e. The van der Waals surface area contributed by atoms with Crippen molar-refractivity contribution in [3.8, 4) is 0 Å². The van der Waals surface area contributed by atoms with Crippen LogP contribution in [0, 0.1) is 0 Å². The van der Waals surface area contributed by atoms with Gasteiger partial charge >= 0.3 is 22.8 Å². The molecule has 0 fully saturated rings. The summed E-state index contributed by atoms with van der Waals surface area (Å²) in [5.41, 5.74) is 0. The second kappa shape index (κ2) is 12.4. The van der Waals surface area contributed by atoms with E-state index in [0.29, 0.717) is 0 Å². The van der Waals surface area contributed by atoms with Crippen LogP contribution >= 0.6 is 22.8 Å². The van der Waals surface area contributed by atoms with Crippen molar-refractivity contribution in [2.75, 3.05) is 39.1 Å². The molecule has 0 N–H and O–H groups in total. The molecule has 0 radical (unpaired) electrons. The van der Waals surface area contributed by atoms with E-state index >= 15 is 0 Å². The van der Waals surface area contributed by atoms with Gasteiger partial charge in [0, 0.05) is 0 Å². The molecule has 0 aliphatic heterocycles. The number of benzene rings is 1. The number of hydrogen-bond donors (Lipinski definition) is 0. The average Bonchev–Trinajstić information content (AvgIpc) is 2.67. The molecule has 0 spiro atoms. The zero-order chi connectivity index (χ0) is 21.1. The highest BCUT2D eigenvalue weighted by Crippen LogP contribution is 2.59. The fraction of sp³-hybridized carbons (Fsp3) is 0.625. The number of rotatable bonds is 15. The second-order valence-corrected chi connectivity index (χ2v) is 11.3. The molecule has 0 aliphatic carbocycles. The van der Waals surface area contributed by atoms with Gasteiger partial charge in [0.15, 0.2) is 12.7 Å². The Labute approximate surface area is 166 Å². The first-order valence-corrected chi connectivity index (χ1v) is 14.0. The Morgan fingerprint density at radius 1 is 0.607 bits per heavy atom. The van der Waals surface area contributed by atoms with Gasteiger partial charge in [0.25, 0.3) is 0 Å². The van der Waals surface area contributed by atoms with Crippen LogP contribution in [0.25, 0.3) is 0 Å². The highest BCUT2D eigenvalue weighted by atomic mass is 31.2. The van der Waals surface area contributed by atoms with Gasteiger partial charge in [-0.1, -0.05) is 18.2 Å². The smallest absolute Gasteiger partial charge is 0.307 e. The molecule has 0 amide bonds. The van der Waals surface area contributed by atoms with E-state index in [9.17, 15) is 13.7 Å². The third-order valence-electron chi connectivity index (χ3n) is 3.15. The molecular formula is C16H29O9P3. The minimum absolute atomic E-state index is 0.126. The van der Waals surface area contributed by atoms with E-state index in [1.54, 1.807) is 45.9 Å². The fourth-order valence-electron chi connectivity index (χ4n) is 2.10. The molecule has 0 heterocycles. The topological polar surface area (TPSA) is 107 Å². The van der Waals surface area contributed by atoms with Gasteiger partial charge in [0.2, 0.25) is 0 Å². The maximum atomic E-state index is 13.4. The lowest BCUT2D eigenvalue weighted by Gasteiger charge is -2.24. The molecule has 162 valence electrons. The van der Waals surface area contributed by atoms with Gasteiger partial charge in [-0.25, -0.2) is 0 Å². The van der Waals surface area contributed by atoms with Crippen LogP contribution in [0.5, 0.6) is 0 Å². The molecule has 0 bridgehead atoms. The predicted molar refractivity (Wildman–Crippen MR) is 107 cm³/mol. The Morgan fingerprint density at radius 3 is 1.29 bits per heavy atom. The van der Waals surface area contributed by atoms with Crippen molar-refractivity contribution < 1.29 is 40.8 Å². The van der Waals surface area contributed by atoms with Gasteiger partial charge in [-0.15, -0.1) is 0 Å². The molecular weight excluding hydrogens is 429 g/mol. The van der Waals surface area contributed by atoms with E-state index in [1.165, 1.54) is 12.1 Å². The zero-order valence-electron chi connectivity index (χ0n) is 16.6. The summed E-state index contributed by atoms with van der Waals surface area (Å²) in [6, 6.07) is 8.07. The highest BCUT2D eigenvalue weighted by molar-refractivity contribution is 7.64. The van der Waals surface area contributed by atoms with Crippen LogP contribution in [-0.4, -0.2) is 39.1 Å². The van der Waals surface area contributed by atoms with Crippen molar-refractivity contribution >= 4 is 28.1 Å². The lowest BCUT2D eigenvalue weighted by atomic mass is 10.4. The highest BCUT2D eigenvalue weighted by Gasteiger charge is 2.37. The molecule has 0 aliphatic rings. The van der Waals surface area contributed by atoms with E-state index in [2.05, 4.69) is 0 Å². The lowest BCUT2D eigenvalue weighted by Crippen LogP contribution is -2.14. The summed E-state index contributed by atoms with van der Waals surface area (Å²) in [5, 5.41) is 0.203. The van der Waals surface area contributed by atoms with Crippen molar-refractivity contribution in [2.24, 2.45) is 0 Å². The Bertz CT molecular complexity index is 653. The summed E-state index contributed by atoms with van der Waals surface area (Å²) in [6.45, 7) is 7.11. The van der Waals surface area contributed by atoms with E-state index in [-0.39, 0.29) is 31.7 Å². The van der Waals surface area contributed by atoms with Crippen LogP contribution in [0.4, 0.5) is 0 Å². The second-order valence-electron chi connectivity index (χ2n) is 5.24. The molecule has 0 saturated carbocycles. The molecule has 0 saturated heterocycles. The summed E-state index contributed by atoms with van der Waals surface area (Å²) in [4.78, 5) is 0. The SMILES string of the molecule is CCOP(=O)(COP(=O)(OCP(=O)(OCC)OCC)c1ccccc1)OCC. The van der Waals surface area contributed by atoms with Gasteiger partial charge in [0.05, 0.1) is 31.7 Å². The van der Waals surface area contributed by atoms with Gasteiger partial charge in [-0.3, -0.25) is 22.7 Å². The normalized spacial score (nSPS) is 13.0. The van der Waals surface area contributed by atoms with Gasteiger partial charge in [-0.05, 0) is 39.8 Å². The third kappa shape index (κ3) is 8.19. The van der Waals surface area contributed by atoms with E-state index in [1.807, 2.05) is 0 Å². The standard InChI is InChI=1S/C16H29O9P3/c1-5-20-26(17,21-6-2)14-24-28(19,16-12-10-9-11-13-16)25-15-27(18,22-7-3)23-8-4/h9-13H,5-8,14-15H2,1-4H3. The fourth-order valence-corrected chi connectivity index (χ4v) is 7.38. The minimum atomic E-state index is -4.02. The Kier molecular flexibility index (Phi) is 11.4. The first-order chi connectivity index (χ1) is 13.3. The molecule has 28 heavy (non-hydrogen) atoms. The van der Waals surface area contributed by atoms with Crippen LogP contribution in [0.15, 0.2) is 30.3 Å². The van der Waals surface area contributed by atoms with Crippen LogP contribution in [0.2, 0.25) is 0 Å². The third-order valence-corrected chi connectivity index (χ3v) is 8.92. The summed E-state index contributed by atoms with van der Waals surface area (Å²) in [6.07, 6.45) is -1.18. The molecule has 1 aromatic carbocycles. The molecule has 12 heteroatoms.